The monoisotopic (exact) mass is 508 g/mol. The average molecular weight is 509 g/mol. The van der Waals surface area contributed by atoms with Crippen molar-refractivity contribution >= 4 is 55.1 Å². The molecule has 0 atom stereocenters. The third kappa shape index (κ3) is 5.76. The number of hydrogen-bond acceptors (Lipinski definition) is 6. The molecule has 0 aliphatic carbocycles. The van der Waals surface area contributed by atoms with Gasteiger partial charge in [-0.1, -0.05) is 30.3 Å². The number of carbonyl (C=O) groups is 1. The molecule has 4 aromatic carbocycles. The first-order chi connectivity index (χ1) is 17.8. The number of carbonyl (C=O) groups excluding carboxylic acids is 1. The lowest BCUT2D eigenvalue weighted by Crippen LogP contribution is -2.12. The summed E-state index contributed by atoms with van der Waals surface area (Å²) in [5.41, 5.74) is 4.99. The van der Waals surface area contributed by atoms with Crippen LogP contribution in [-0.4, -0.2) is 25.6 Å². The van der Waals surface area contributed by atoms with Crippen molar-refractivity contribution in [1.82, 2.24) is 4.98 Å². The van der Waals surface area contributed by atoms with E-state index in [2.05, 4.69) is 20.9 Å². The van der Waals surface area contributed by atoms with Gasteiger partial charge in [0, 0.05) is 51.8 Å². The highest BCUT2D eigenvalue weighted by atomic mass is 32.2. The maximum Gasteiger partial charge on any atom is 0.255 e. The summed E-state index contributed by atoms with van der Waals surface area (Å²) in [5.74, 6) is -0.250. The molecule has 1 aromatic heterocycles. The Bertz CT molecular complexity index is 1700. The van der Waals surface area contributed by atoms with Crippen LogP contribution in [-0.2, 0) is 9.84 Å². The average Bonchev–Trinajstić information content (AvgIpc) is 2.89. The molecule has 5 rings (SSSR count). The van der Waals surface area contributed by atoms with Gasteiger partial charge in [0.2, 0.25) is 0 Å². The molecule has 37 heavy (non-hydrogen) atoms. The van der Waals surface area contributed by atoms with E-state index in [1.165, 1.54) is 6.26 Å². The van der Waals surface area contributed by atoms with Crippen LogP contribution in [0.1, 0.15) is 10.4 Å². The number of benzene rings is 4. The number of sulfone groups is 1. The fraction of sp³-hybridized carbons (Fsp3) is 0.0345. The molecule has 3 N–H and O–H groups in total. The number of amides is 1. The molecule has 1 amide bonds. The van der Waals surface area contributed by atoms with Crippen LogP contribution in [0.25, 0.3) is 10.9 Å². The van der Waals surface area contributed by atoms with Crippen LogP contribution in [0.2, 0.25) is 0 Å². The van der Waals surface area contributed by atoms with Crippen molar-refractivity contribution < 1.29 is 13.2 Å². The fourth-order valence-corrected chi connectivity index (χ4v) is 4.57. The van der Waals surface area contributed by atoms with E-state index in [4.69, 9.17) is 0 Å². The van der Waals surface area contributed by atoms with E-state index < -0.39 is 9.84 Å². The summed E-state index contributed by atoms with van der Waals surface area (Å²) in [6.07, 6.45) is 2.82. The smallest absolute Gasteiger partial charge is 0.255 e. The highest BCUT2D eigenvalue weighted by Crippen LogP contribution is 2.28. The first-order valence-corrected chi connectivity index (χ1v) is 13.4. The maximum atomic E-state index is 13.0. The summed E-state index contributed by atoms with van der Waals surface area (Å²) in [5, 5.41) is 10.2. The van der Waals surface area contributed by atoms with Crippen molar-refractivity contribution in [2.45, 2.75) is 4.90 Å². The summed E-state index contributed by atoms with van der Waals surface area (Å²) in [6, 6.07) is 31.0. The van der Waals surface area contributed by atoms with Gasteiger partial charge in [0.05, 0.1) is 10.4 Å². The zero-order valence-corrected chi connectivity index (χ0v) is 20.8. The summed E-state index contributed by atoms with van der Waals surface area (Å²) in [7, 11) is -3.37. The molecule has 0 bridgehead atoms. The molecule has 184 valence electrons. The van der Waals surface area contributed by atoms with Gasteiger partial charge < -0.3 is 16.0 Å². The highest BCUT2D eigenvalue weighted by molar-refractivity contribution is 7.90. The van der Waals surface area contributed by atoms with E-state index >= 15 is 0 Å². The van der Waals surface area contributed by atoms with Gasteiger partial charge in [0.15, 0.2) is 9.84 Å². The molecule has 0 spiro atoms. The molecule has 8 heteroatoms. The number of nitrogens with zero attached hydrogens (tertiary/aromatic N) is 1. The molecule has 5 aromatic rings. The number of pyridine rings is 1. The zero-order valence-electron chi connectivity index (χ0n) is 20.0. The lowest BCUT2D eigenvalue weighted by atomic mass is 10.1. The van der Waals surface area contributed by atoms with Crippen LogP contribution >= 0.6 is 0 Å². The molecule has 0 saturated heterocycles. The highest BCUT2D eigenvalue weighted by Gasteiger charge is 2.12. The van der Waals surface area contributed by atoms with Crippen LogP contribution in [0.3, 0.4) is 0 Å². The van der Waals surface area contributed by atoms with Gasteiger partial charge in [-0.3, -0.25) is 9.78 Å². The molecule has 0 aliphatic heterocycles. The van der Waals surface area contributed by atoms with E-state index in [0.717, 1.165) is 11.4 Å². The molecule has 7 nitrogen and oxygen atoms in total. The summed E-state index contributed by atoms with van der Waals surface area (Å²) >= 11 is 0. The third-order valence-corrected chi connectivity index (χ3v) is 6.84. The number of para-hydroxylation sites is 1. The number of hydrogen-bond donors (Lipinski definition) is 3. The minimum atomic E-state index is -3.37. The zero-order chi connectivity index (χ0) is 25.8. The number of anilines is 5. The third-order valence-electron chi connectivity index (χ3n) is 5.73. The first-order valence-electron chi connectivity index (χ1n) is 11.5. The largest absolute Gasteiger partial charge is 0.355 e. The van der Waals surface area contributed by atoms with Crippen LogP contribution in [0.5, 0.6) is 0 Å². The Labute approximate surface area is 215 Å². The molecule has 0 radical (unpaired) electrons. The van der Waals surface area contributed by atoms with Gasteiger partial charge in [-0.25, -0.2) is 8.42 Å². The second-order valence-electron chi connectivity index (χ2n) is 8.54. The van der Waals surface area contributed by atoms with Crippen LogP contribution in [0, 0.1) is 0 Å². The van der Waals surface area contributed by atoms with Crippen molar-refractivity contribution in [2.75, 3.05) is 22.2 Å². The van der Waals surface area contributed by atoms with Crippen LogP contribution < -0.4 is 16.0 Å². The second kappa shape index (κ2) is 10.1. The molecule has 0 fully saturated rings. The normalized spacial score (nSPS) is 11.2. The minimum Gasteiger partial charge on any atom is -0.355 e. The van der Waals surface area contributed by atoms with Crippen molar-refractivity contribution in [2.24, 2.45) is 0 Å². The second-order valence-corrected chi connectivity index (χ2v) is 10.6. The SMILES string of the molecule is CS(=O)(=O)c1ccc2nccc(Nc3cccc(C(=O)Nc4cccc(Nc5ccccc5)c4)c3)c2c1. The quantitative estimate of drug-likeness (QED) is 0.236. The van der Waals surface area contributed by atoms with Crippen molar-refractivity contribution in [3.63, 3.8) is 0 Å². The van der Waals surface area contributed by atoms with Crippen LogP contribution in [0.15, 0.2) is 114 Å². The molecule has 0 saturated carbocycles. The predicted octanol–water partition coefficient (Wildman–Crippen LogP) is 6.38. The van der Waals surface area contributed by atoms with Gasteiger partial charge in [-0.2, -0.15) is 0 Å². The van der Waals surface area contributed by atoms with Gasteiger partial charge in [0.1, 0.15) is 0 Å². The molecular formula is C29H24N4O3S. The Kier molecular flexibility index (Phi) is 6.57. The minimum absolute atomic E-state index is 0.216. The Balaban J connectivity index is 1.35. The van der Waals surface area contributed by atoms with Crippen molar-refractivity contribution in [3.05, 3.63) is 115 Å². The summed E-state index contributed by atoms with van der Waals surface area (Å²) in [4.78, 5) is 17.6. The van der Waals surface area contributed by atoms with Gasteiger partial charge in [-0.15, -0.1) is 0 Å². The lowest BCUT2D eigenvalue weighted by Gasteiger charge is -2.12. The van der Waals surface area contributed by atoms with Gasteiger partial charge in [-0.05, 0) is 72.8 Å². The first kappa shape index (κ1) is 24.0. The Morgan fingerprint density at radius 3 is 2.19 bits per heavy atom. The van der Waals surface area contributed by atoms with E-state index in [1.54, 1.807) is 48.7 Å². The van der Waals surface area contributed by atoms with E-state index in [-0.39, 0.29) is 10.8 Å². The standard InChI is InChI=1S/C29H24N4O3S/c1-37(35,36)25-13-14-27-26(19-25)28(15-16-30-27)32-22-10-5-7-20(17-22)29(34)33-24-12-6-11-23(18-24)31-21-8-3-2-4-9-21/h2-19,31H,1H3,(H,30,32)(H,33,34). The van der Waals surface area contributed by atoms with E-state index in [0.29, 0.717) is 33.5 Å². The Morgan fingerprint density at radius 2 is 1.41 bits per heavy atom. The molecule has 1 heterocycles. The Hall–Kier alpha value is -4.69. The van der Waals surface area contributed by atoms with Crippen molar-refractivity contribution in [3.8, 4) is 0 Å². The van der Waals surface area contributed by atoms with E-state index in [9.17, 15) is 13.2 Å². The summed E-state index contributed by atoms with van der Waals surface area (Å²) < 4.78 is 24.1. The Morgan fingerprint density at radius 1 is 0.703 bits per heavy atom. The number of rotatable bonds is 7. The number of aromatic nitrogens is 1. The molecular weight excluding hydrogens is 484 g/mol. The number of fused-ring (bicyclic) bond motifs is 1. The van der Waals surface area contributed by atoms with Gasteiger partial charge >= 0.3 is 0 Å². The van der Waals surface area contributed by atoms with E-state index in [1.807, 2.05) is 60.7 Å². The van der Waals surface area contributed by atoms with Gasteiger partial charge in [0.25, 0.3) is 5.91 Å². The predicted molar refractivity (Wildman–Crippen MR) is 149 cm³/mol. The maximum absolute atomic E-state index is 13.0. The molecule has 0 unspecified atom stereocenters. The van der Waals surface area contributed by atoms with Crippen LogP contribution in [0.4, 0.5) is 28.4 Å². The lowest BCUT2D eigenvalue weighted by molar-refractivity contribution is 0.102. The number of nitrogens with one attached hydrogen (secondary N) is 3. The molecule has 0 aliphatic rings. The van der Waals surface area contributed by atoms with Crippen molar-refractivity contribution in [1.29, 1.82) is 0 Å². The summed E-state index contributed by atoms with van der Waals surface area (Å²) in [6.45, 7) is 0. The topological polar surface area (TPSA) is 100 Å². The fourth-order valence-electron chi connectivity index (χ4n) is 3.92.